The van der Waals surface area contributed by atoms with Gasteiger partial charge in [0.1, 0.15) is 6.17 Å². The highest BCUT2D eigenvalue weighted by Gasteiger charge is 2.30. The highest BCUT2D eigenvalue weighted by atomic mass is 19.1. The maximum absolute atomic E-state index is 14.4. The second-order valence-corrected chi connectivity index (χ2v) is 7.87. The van der Waals surface area contributed by atoms with Crippen molar-refractivity contribution < 1.29 is 19.0 Å². The molecule has 0 bridgehead atoms. The number of amides is 1. The molecule has 2 aromatic rings. The van der Waals surface area contributed by atoms with E-state index >= 15 is 0 Å². The van der Waals surface area contributed by atoms with E-state index in [4.69, 9.17) is 10.5 Å². The van der Waals surface area contributed by atoms with Gasteiger partial charge in [-0.3, -0.25) is 9.78 Å². The molecule has 1 aliphatic rings. The lowest BCUT2D eigenvalue weighted by molar-refractivity contribution is -0.00307. The molecule has 30 heavy (non-hydrogen) atoms. The number of halogens is 1. The number of hydrogen-bond acceptors (Lipinski definition) is 8. The fourth-order valence-corrected chi connectivity index (χ4v) is 3.33. The Hall–Kier alpha value is -3.01. The highest BCUT2D eigenvalue weighted by molar-refractivity contribution is 5.99. The van der Waals surface area contributed by atoms with Crippen LogP contribution in [0.1, 0.15) is 36.3 Å². The molecule has 0 unspecified atom stereocenters. The number of primary amides is 1. The standard InChI is InChI=1S/C20H27FN6O3/c1-20(2,29)16(21)8-15-17(18(22)28)14(4-6-23-15)26-12-5-7-27(11-12)19-24-9-13(30-3)10-25-19/h4,6,9-10,12,16,29H,5,7-8,11H2,1-3H3,(H2,22,28)(H,23,26)/t12-,16-/m1/s1. The fraction of sp³-hybridized carbons (Fsp3) is 0.500. The van der Waals surface area contributed by atoms with Gasteiger partial charge in [0, 0.05) is 31.7 Å². The summed E-state index contributed by atoms with van der Waals surface area (Å²) < 4.78 is 19.5. The number of aromatic nitrogens is 3. The second kappa shape index (κ2) is 8.78. The topological polar surface area (TPSA) is 126 Å². The maximum atomic E-state index is 14.4. The Morgan fingerprint density at radius 1 is 1.43 bits per heavy atom. The van der Waals surface area contributed by atoms with Crippen LogP contribution in [0.15, 0.2) is 24.7 Å². The molecule has 3 rings (SSSR count). The molecule has 0 aromatic carbocycles. The van der Waals surface area contributed by atoms with Gasteiger partial charge in [0.2, 0.25) is 5.95 Å². The minimum Gasteiger partial charge on any atom is -0.494 e. The van der Waals surface area contributed by atoms with E-state index in [0.717, 1.165) is 13.0 Å². The van der Waals surface area contributed by atoms with Gasteiger partial charge in [-0.15, -0.1) is 0 Å². The first-order chi connectivity index (χ1) is 14.2. The zero-order valence-corrected chi connectivity index (χ0v) is 17.3. The number of nitrogens with one attached hydrogen (secondary N) is 1. The van der Waals surface area contributed by atoms with Gasteiger partial charge in [-0.05, 0) is 26.3 Å². The van der Waals surface area contributed by atoms with Gasteiger partial charge in [-0.2, -0.15) is 0 Å². The Morgan fingerprint density at radius 3 is 2.73 bits per heavy atom. The van der Waals surface area contributed by atoms with E-state index in [1.807, 2.05) is 4.90 Å². The average Bonchev–Trinajstić information content (AvgIpc) is 3.15. The third kappa shape index (κ3) is 4.93. The van der Waals surface area contributed by atoms with Crippen LogP contribution in [0.4, 0.5) is 16.0 Å². The van der Waals surface area contributed by atoms with Crippen LogP contribution >= 0.6 is 0 Å². The van der Waals surface area contributed by atoms with Crippen LogP contribution in [0.5, 0.6) is 5.75 Å². The van der Waals surface area contributed by atoms with E-state index in [1.54, 1.807) is 25.6 Å². The van der Waals surface area contributed by atoms with Crippen LogP contribution < -0.4 is 20.7 Å². The van der Waals surface area contributed by atoms with Crippen molar-refractivity contribution in [1.82, 2.24) is 15.0 Å². The third-order valence-electron chi connectivity index (χ3n) is 5.10. The van der Waals surface area contributed by atoms with Gasteiger partial charge in [-0.25, -0.2) is 14.4 Å². The van der Waals surface area contributed by atoms with E-state index < -0.39 is 17.7 Å². The molecule has 3 heterocycles. The molecule has 2 aromatic heterocycles. The number of pyridine rings is 1. The molecule has 0 saturated carbocycles. The van der Waals surface area contributed by atoms with Crippen LogP contribution in [0.3, 0.4) is 0 Å². The summed E-state index contributed by atoms with van der Waals surface area (Å²) in [7, 11) is 1.56. The molecule has 2 atom stereocenters. The number of aliphatic hydroxyl groups is 1. The average molecular weight is 418 g/mol. The van der Waals surface area contributed by atoms with Crippen molar-refractivity contribution >= 4 is 17.5 Å². The number of rotatable bonds is 8. The number of carbonyl (C=O) groups excluding carboxylic acids is 1. The Morgan fingerprint density at radius 2 is 2.13 bits per heavy atom. The molecule has 0 radical (unpaired) electrons. The summed E-state index contributed by atoms with van der Waals surface area (Å²) in [5, 5.41) is 13.2. The lowest BCUT2D eigenvalue weighted by Gasteiger charge is -2.23. The van der Waals surface area contributed by atoms with Crippen LogP contribution in [0.25, 0.3) is 0 Å². The molecular weight excluding hydrogens is 391 g/mol. The van der Waals surface area contributed by atoms with Crippen molar-refractivity contribution in [2.45, 2.75) is 44.5 Å². The quantitative estimate of drug-likeness (QED) is 0.586. The smallest absolute Gasteiger partial charge is 0.252 e. The largest absolute Gasteiger partial charge is 0.494 e. The molecule has 4 N–H and O–H groups in total. The lowest BCUT2D eigenvalue weighted by atomic mass is 9.96. The summed E-state index contributed by atoms with van der Waals surface area (Å²) in [6, 6.07) is 1.66. The highest BCUT2D eigenvalue weighted by Crippen LogP contribution is 2.26. The number of alkyl halides is 1. The summed E-state index contributed by atoms with van der Waals surface area (Å²) in [5.74, 6) is 0.480. The zero-order valence-electron chi connectivity index (χ0n) is 17.3. The Kier molecular flexibility index (Phi) is 6.35. The first kappa shape index (κ1) is 21.7. The number of hydrogen-bond donors (Lipinski definition) is 3. The first-order valence-corrected chi connectivity index (χ1v) is 9.70. The second-order valence-electron chi connectivity index (χ2n) is 7.87. The van der Waals surface area contributed by atoms with Crippen molar-refractivity contribution in [2.75, 3.05) is 30.4 Å². The number of nitrogens with zero attached hydrogens (tertiary/aromatic N) is 4. The Labute approximate surface area is 174 Å². The number of methoxy groups -OCH3 is 1. The molecule has 0 aliphatic carbocycles. The number of ether oxygens (including phenoxy) is 1. The summed E-state index contributed by atoms with van der Waals surface area (Å²) in [6.07, 6.45) is 3.71. The molecule has 0 spiro atoms. The summed E-state index contributed by atoms with van der Waals surface area (Å²) in [5.41, 5.74) is 4.88. The monoisotopic (exact) mass is 418 g/mol. The van der Waals surface area contributed by atoms with Gasteiger partial charge in [-0.1, -0.05) is 0 Å². The number of carbonyl (C=O) groups is 1. The Balaban J connectivity index is 1.74. The van der Waals surface area contributed by atoms with E-state index in [2.05, 4.69) is 20.3 Å². The number of anilines is 2. The minimum absolute atomic E-state index is 0.0134. The van der Waals surface area contributed by atoms with Crippen molar-refractivity contribution in [3.8, 4) is 5.75 Å². The molecular formula is C20H27FN6O3. The zero-order chi connectivity index (χ0) is 21.9. The van der Waals surface area contributed by atoms with Crippen molar-refractivity contribution in [3.63, 3.8) is 0 Å². The van der Waals surface area contributed by atoms with E-state index in [0.29, 0.717) is 23.9 Å². The predicted molar refractivity (Wildman–Crippen MR) is 110 cm³/mol. The summed E-state index contributed by atoms with van der Waals surface area (Å²) in [4.78, 5) is 26.9. The van der Waals surface area contributed by atoms with Crippen LogP contribution in [0.2, 0.25) is 0 Å². The van der Waals surface area contributed by atoms with Gasteiger partial charge in [0.15, 0.2) is 5.75 Å². The molecule has 1 fully saturated rings. The predicted octanol–water partition coefficient (Wildman–Crippen LogP) is 1.32. The van der Waals surface area contributed by atoms with Crippen LogP contribution in [0, 0.1) is 0 Å². The van der Waals surface area contributed by atoms with E-state index in [-0.39, 0.29) is 23.7 Å². The minimum atomic E-state index is -1.59. The van der Waals surface area contributed by atoms with Crippen molar-refractivity contribution in [3.05, 3.63) is 35.9 Å². The number of nitrogens with two attached hydrogens (primary N) is 1. The van der Waals surface area contributed by atoms with Gasteiger partial charge in [0.25, 0.3) is 5.91 Å². The summed E-state index contributed by atoms with van der Waals surface area (Å²) in [6.45, 7) is 4.10. The summed E-state index contributed by atoms with van der Waals surface area (Å²) >= 11 is 0. The fourth-order valence-electron chi connectivity index (χ4n) is 3.33. The molecule has 1 saturated heterocycles. The van der Waals surface area contributed by atoms with Crippen molar-refractivity contribution in [1.29, 1.82) is 0 Å². The molecule has 10 heteroatoms. The lowest BCUT2D eigenvalue weighted by Crippen LogP contribution is -2.35. The van der Waals surface area contributed by atoms with Gasteiger partial charge >= 0.3 is 0 Å². The van der Waals surface area contributed by atoms with Crippen LogP contribution in [-0.4, -0.2) is 64.0 Å². The normalized spacial score (nSPS) is 17.6. The first-order valence-electron chi connectivity index (χ1n) is 9.70. The Bertz CT molecular complexity index is 887. The van der Waals surface area contributed by atoms with Crippen molar-refractivity contribution in [2.24, 2.45) is 5.73 Å². The van der Waals surface area contributed by atoms with E-state index in [1.165, 1.54) is 20.0 Å². The molecule has 9 nitrogen and oxygen atoms in total. The molecule has 162 valence electrons. The van der Waals surface area contributed by atoms with Gasteiger partial charge < -0.3 is 25.8 Å². The van der Waals surface area contributed by atoms with Gasteiger partial charge in [0.05, 0.1) is 42.0 Å². The van der Waals surface area contributed by atoms with E-state index in [9.17, 15) is 14.3 Å². The third-order valence-corrected chi connectivity index (χ3v) is 5.10. The SMILES string of the molecule is COc1cnc(N2CC[C@@H](Nc3ccnc(C[C@@H](F)C(C)(C)O)c3C(N)=O)C2)nc1. The molecule has 1 amide bonds. The van der Waals surface area contributed by atoms with Crippen LogP contribution in [-0.2, 0) is 6.42 Å². The maximum Gasteiger partial charge on any atom is 0.252 e. The molecule has 1 aliphatic heterocycles.